The van der Waals surface area contributed by atoms with E-state index in [9.17, 15) is 0 Å². The van der Waals surface area contributed by atoms with Crippen molar-refractivity contribution in [2.45, 2.75) is 5.94 Å². The first kappa shape index (κ1) is 8.41. The SMILES string of the molecule is OB(O)C1COc2ccccc2N1. The fourth-order valence-corrected chi connectivity index (χ4v) is 1.29. The van der Waals surface area contributed by atoms with Gasteiger partial charge < -0.3 is 20.1 Å². The molecule has 2 rings (SSSR count). The maximum absolute atomic E-state index is 8.92. The molecule has 0 radical (unpaired) electrons. The van der Waals surface area contributed by atoms with E-state index in [1.807, 2.05) is 24.3 Å². The highest BCUT2D eigenvalue weighted by atomic mass is 16.5. The number of fused-ring (bicyclic) bond motifs is 1. The predicted octanol–water partition coefficient (Wildman–Crippen LogP) is -0.129. The monoisotopic (exact) mass is 179 g/mol. The minimum Gasteiger partial charge on any atom is -0.490 e. The molecule has 1 atom stereocenters. The Labute approximate surface area is 76.3 Å². The van der Waals surface area contributed by atoms with Gasteiger partial charge in [0.15, 0.2) is 0 Å². The second-order valence-corrected chi connectivity index (χ2v) is 2.97. The lowest BCUT2D eigenvalue weighted by Crippen LogP contribution is -2.44. The molecule has 5 heteroatoms. The van der Waals surface area contributed by atoms with E-state index < -0.39 is 13.1 Å². The van der Waals surface area contributed by atoms with Crippen molar-refractivity contribution >= 4 is 12.8 Å². The summed E-state index contributed by atoms with van der Waals surface area (Å²) in [6.07, 6.45) is 0. The van der Waals surface area contributed by atoms with Gasteiger partial charge in [-0.3, -0.25) is 0 Å². The topological polar surface area (TPSA) is 61.7 Å². The highest BCUT2D eigenvalue weighted by molar-refractivity contribution is 6.44. The van der Waals surface area contributed by atoms with E-state index in [4.69, 9.17) is 14.8 Å². The van der Waals surface area contributed by atoms with Crippen molar-refractivity contribution in [1.29, 1.82) is 0 Å². The largest absolute Gasteiger partial charge is 0.490 e. The molecule has 13 heavy (non-hydrogen) atoms. The molecule has 1 unspecified atom stereocenters. The van der Waals surface area contributed by atoms with Gasteiger partial charge in [0.2, 0.25) is 0 Å². The van der Waals surface area contributed by atoms with Crippen LogP contribution in [-0.4, -0.2) is 29.7 Å². The number of para-hydroxylation sites is 2. The number of rotatable bonds is 1. The first-order chi connectivity index (χ1) is 6.27. The summed E-state index contributed by atoms with van der Waals surface area (Å²) in [5.74, 6) is 0.300. The average Bonchev–Trinajstić information content (AvgIpc) is 2.17. The Morgan fingerprint density at radius 1 is 1.38 bits per heavy atom. The summed E-state index contributed by atoms with van der Waals surface area (Å²) < 4.78 is 5.31. The van der Waals surface area contributed by atoms with Crippen molar-refractivity contribution in [3.05, 3.63) is 24.3 Å². The Morgan fingerprint density at radius 3 is 2.92 bits per heavy atom. The van der Waals surface area contributed by atoms with Gasteiger partial charge in [-0.05, 0) is 12.1 Å². The molecule has 0 spiro atoms. The number of anilines is 1. The number of nitrogens with one attached hydrogen (secondary N) is 1. The molecular weight excluding hydrogens is 169 g/mol. The minimum absolute atomic E-state index is 0.272. The van der Waals surface area contributed by atoms with Crippen LogP contribution >= 0.6 is 0 Å². The molecule has 0 fully saturated rings. The lowest BCUT2D eigenvalue weighted by Gasteiger charge is -2.26. The summed E-state index contributed by atoms with van der Waals surface area (Å²) in [5.41, 5.74) is 0.798. The van der Waals surface area contributed by atoms with Gasteiger partial charge in [-0.1, -0.05) is 12.1 Å². The number of benzene rings is 1. The number of ether oxygens (including phenoxy) is 1. The van der Waals surface area contributed by atoms with Crippen molar-refractivity contribution in [1.82, 2.24) is 0 Å². The molecule has 0 aromatic heterocycles. The summed E-state index contributed by atoms with van der Waals surface area (Å²) in [6, 6.07) is 7.41. The second kappa shape index (κ2) is 3.28. The summed E-state index contributed by atoms with van der Waals surface area (Å²) in [5, 5.41) is 20.8. The standard InChI is InChI=1S/C8H10BNO3/c11-9(12)8-5-13-7-4-2-1-3-6(7)10-8/h1-4,8,10-12H,5H2. The van der Waals surface area contributed by atoms with Crippen LogP contribution in [0, 0.1) is 0 Å². The van der Waals surface area contributed by atoms with E-state index in [-0.39, 0.29) is 6.61 Å². The zero-order valence-corrected chi connectivity index (χ0v) is 6.97. The van der Waals surface area contributed by atoms with Gasteiger partial charge in [-0.15, -0.1) is 0 Å². The van der Waals surface area contributed by atoms with Crippen LogP contribution in [0.5, 0.6) is 5.75 Å². The summed E-state index contributed by atoms with van der Waals surface area (Å²) in [7, 11) is -1.40. The molecule has 1 heterocycles. The van der Waals surface area contributed by atoms with Gasteiger partial charge >= 0.3 is 7.12 Å². The third-order valence-electron chi connectivity index (χ3n) is 2.01. The Morgan fingerprint density at radius 2 is 2.15 bits per heavy atom. The van der Waals surface area contributed by atoms with Gasteiger partial charge in [-0.25, -0.2) is 0 Å². The quantitative estimate of drug-likeness (QED) is 0.525. The van der Waals surface area contributed by atoms with Crippen LogP contribution in [0.1, 0.15) is 0 Å². The minimum atomic E-state index is -1.40. The molecule has 1 aliphatic rings. The molecule has 0 saturated heterocycles. The van der Waals surface area contributed by atoms with E-state index in [0.717, 1.165) is 11.4 Å². The molecule has 1 aliphatic heterocycles. The van der Waals surface area contributed by atoms with Crippen LogP contribution in [-0.2, 0) is 0 Å². The first-order valence-corrected chi connectivity index (χ1v) is 4.12. The van der Waals surface area contributed by atoms with Crippen LogP contribution < -0.4 is 10.1 Å². The molecule has 68 valence electrons. The van der Waals surface area contributed by atoms with E-state index in [2.05, 4.69) is 5.32 Å². The maximum Gasteiger partial charge on any atom is 0.478 e. The molecule has 4 nitrogen and oxygen atoms in total. The number of hydrogen-bond donors (Lipinski definition) is 3. The van der Waals surface area contributed by atoms with Gasteiger partial charge in [0.25, 0.3) is 0 Å². The van der Waals surface area contributed by atoms with Crippen LogP contribution in [0.4, 0.5) is 5.69 Å². The molecule has 3 N–H and O–H groups in total. The molecule has 0 saturated carbocycles. The summed E-state index contributed by atoms with van der Waals surface area (Å²) in [6.45, 7) is 0.272. The van der Waals surface area contributed by atoms with Crippen LogP contribution in [0.15, 0.2) is 24.3 Å². The summed E-state index contributed by atoms with van der Waals surface area (Å²) in [4.78, 5) is 0. The van der Waals surface area contributed by atoms with E-state index in [1.54, 1.807) is 0 Å². The average molecular weight is 179 g/mol. The fourth-order valence-electron chi connectivity index (χ4n) is 1.29. The summed E-state index contributed by atoms with van der Waals surface area (Å²) >= 11 is 0. The normalized spacial score (nSPS) is 19.7. The van der Waals surface area contributed by atoms with Crippen LogP contribution in [0.25, 0.3) is 0 Å². The van der Waals surface area contributed by atoms with Crippen LogP contribution in [0.2, 0.25) is 0 Å². The molecule has 1 aromatic rings. The molecule has 0 amide bonds. The van der Waals surface area contributed by atoms with Gasteiger partial charge in [0.05, 0.1) is 11.6 Å². The highest BCUT2D eigenvalue weighted by Gasteiger charge is 2.28. The van der Waals surface area contributed by atoms with Crippen molar-refractivity contribution < 1.29 is 14.8 Å². The Hall–Kier alpha value is -1.20. The molecule has 0 aliphatic carbocycles. The van der Waals surface area contributed by atoms with Gasteiger partial charge in [0.1, 0.15) is 12.4 Å². The Balaban J connectivity index is 2.20. The highest BCUT2D eigenvalue weighted by Crippen LogP contribution is 2.27. The zero-order chi connectivity index (χ0) is 9.26. The van der Waals surface area contributed by atoms with E-state index in [0.29, 0.717) is 0 Å². The van der Waals surface area contributed by atoms with Gasteiger partial charge in [-0.2, -0.15) is 0 Å². The molecular formula is C8H10BNO3. The lowest BCUT2D eigenvalue weighted by atomic mass is 9.79. The van der Waals surface area contributed by atoms with E-state index >= 15 is 0 Å². The molecule has 0 bridgehead atoms. The maximum atomic E-state index is 8.92. The third-order valence-corrected chi connectivity index (χ3v) is 2.01. The zero-order valence-electron chi connectivity index (χ0n) is 6.97. The van der Waals surface area contributed by atoms with Crippen molar-refractivity contribution in [3.63, 3.8) is 0 Å². The van der Waals surface area contributed by atoms with Gasteiger partial charge in [0, 0.05) is 0 Å². The Bertz CT molecular complexity index is 305. The van der Waals surface area contributed by atoms with Crippen LogP contribution in [0.3, 0.4) is 0 Å². The smallest absolute Gasteiger partial charge is 0.478 e. The van der Waals surface area contributed by atoms with Crippen molar-refractivity contribution in [3.8, 4) is 5.75 Å². The molecule has 1 aromatic carbocycles. The Kier molecular flexibility index (Phi) is 2.12. The second-order valence-electron chi connectivity index (χ2n) is 2.97. The van der Waals surface area contributed by atoms with E-state index in [1.165, 1.54) is 0 Å². The van der Waals surface area contributed by atoms with Crippen molar-refractivity contribution in [2.75, 3.05) is 11.9 Å². The third kappa shape index (κ3) is 1.61. The number of hydrogen-bond acceptors (Lipinski definition) is 4. The fraction of sp³-hybridized carbons (Fsp3) is 0.250. The lowest BCUT2D eigenvalue weighted by molar-refractivity contribution is 0.282. The van der Waals surface area contributed by atoms with Crippen molar-refractivity contribution in [2.24, 2.45) is 0 Å². The predicted molar refractivity (Wildman–Crippen MR) is 49.5 cm³/mol. The first-order valence-electron chi connectivity index (χ1n) is 4.12.